The number of aliphatic hydroxyl groups is 1. The number of phosphoric ester groups is 1. The molecule has 0 aromatic carbocycles. The number of unbranched alkanes of at least 4 members (excludes halogenated alkanes) is 24. The van der Waals surface area contributed by atoms with Gasteiger partial charge in [-0.1, -0.05) is 180 Å². The first-order chi connectivity index (χ1) is 22.4. The summed E-state index contributed by atoms with van der Waals surface area (Å²) >= 11 is 0. The Balaban J connectivity index is 3.97. The SMILES string of the molecule is [2H]C([2H])([2H])CCCCCCCCCCCCCCCCC(=O)N[C@@H](COP(=O)(O)O)[C@H](O)/C=C/CCCCCCCCCCCCC. The predicted molar refractivity (Wildman–Crippen MR) is 186 cm³/mol. The molecule has 0 spiro atoms. The topological polar surface area (TPSA) is 116 Å². The standard InChI is InChI=1S/C36H72NO6P/c1-3-5-7-9-11-13-15-17-18-20-22-24-26-28-30-32-36(39)37-34(33-43-44(40,41)42)35(38)31-29-27-25-23-21-19-16-14-12-10-8-6-4-2/h29,31,34-35,38H,3-28,30,32-33H2,1-2H3,(H,37,39)(H2,40,41,42)/b31-29+/t34-,35+/m0/s1/i1D3. The molecule has 0 saturated carbocycles. The summed E-state index contributed by atoms with van der Waals surface area (Å²) in [5, 5.41) is 13.3. The van der Waals surface area contributed by atoms with E-state index >= 15 is 0 Å². The van der Waals surface area contributed by atoms with Crippen LogP contribution in [0.15, 0.2) is 12.2 Å². The zero-order chi connectivity index (χ0) is 35.1. The maximum absolute atomic E-state index is 12.5. The molecule has 2 atom stereocenters. The average molecular weight is 649 g/mol. The van der Waals surface area contributed by atoms with Crippen molar-refractivity contribution < 1.29 is 32.9 Å². The molecule has 0 saturated heterocycles. The molecule has 1 amide bonds. The molecule has 0 aromatic rings. The van der Waals surface area contributed by atoms with E-state index in [1.807, 2.05) is 6.08 Å². The number of phosphoric acid groups is 1. The molecule has 8 heteroatoms. The van der Waals surface area contributed by atoms with E-state index in [1.165, 1.54) is 103 Å². The first kappa shape index (κ1) is 37.7. The second-order valence-corrected chi connectivity index (χ2v) is 13.9. The van der Waals surface area contributed by atoms with Crippen LogP contribution in [0, 0.1) is 0 Å². The summed E-state index contributed by atoms with van der Waals surface area (Å²) in [6, 6.07) is -0.926. The van der Waals surface area contributed by atoms with Crippen LogP contribution in [-0.4, -0.2) is 39.6 Å². The van der Waals surface area contributed by atoms with Gasteiger partial charge in [0.05, 0.1) is 18.8 Å². The second-order valence-electron chi connectivity index (χ2n) is 12.7. The third-order valence-corrected chi connectivity index (χ3v) is 8.80. The monoisotopic (exact) mass is 649 g/mol. The van der Waals surface area contributed by atoms with E-state index in [1.54, 1.807) is 6.08 Å². The Morgan fingerprint density at radius 3 is 1.55 bits per heavy atom. The highest BCUT2D eigenvalue weighted by atomic mass is 31.2. The average Bonchev–Trinajstić information content (AvgIpc) is 3.00. The molecule has 7 nitrogen and oxygen atoms in total. The normalized spacial score (nSPS) is 14.8. The molecule has 262 valence electrons. The first-order valence-electron chi connectivity index (χ1n) is 19.8. The van der Waals surface area contributed by atoms with Gasteiger partial charge in [0.2, 0.25) is 5.91 Å². The fourth-order valence-electron chi connectivity index (χ4n) is 5.51. The van der Waals surface area contributed by atoms with Gasteiger partial charge in [-0.25, -0.2) is 4.57 Å². The summed E-state index contributed by atoms with van der Waals surface area (Å²) in [6.07, 6.45) is 33.2. The minimum absolute atomic E-state index is 0.251. The van der Waals surface area contributed by atoms with Crippen molar-refractivity contribution in [2.24, 2.45) is 0 Å². The highest BCUT2D eigenvalue weighted by molar-refractivity contribution is 7.46. The van der Waals surface area contributed by atoms with Crippen LogP contribution in [0.1, 0.15) is 198 Å². The zero-order valence-electron chi connectivity index (χ0n) is 31.3. The predicted octanol–water partition coefficient (Wildman–Crippen LogP) is 10.5. The van der Waals surface area contributed by atoms with Gasteiger partial charge in [0.25, 0.3) is 0 Å². The van der Waals surface area contributed by atoms with Crippen molar-refractivity contribution in [3.63, 3.8) is 0 Å². The molecule has 0 heterocycles. The van der Waals surface area contributed by atoms with E-state index in [4.69, 9.17) is 13.9 Å². The van der Waals surface area contributed by atoms with Crippen molar-refractivity contribution in [1.82, 2.24) is 5.32 Å². The number of carbonyl (C=O) groups is 1. The summed E-state index contributed by atoms with van der Waals surface area (Å²) in [7, 11) is -4.72. The molecule has 0 radical (unpaired) electrons. The van der Waals surface area contributed by atoms with Crippen LogP contribution in [0.3, 0.4) is 0 Å². The Morgan fingerprint density at radius 2 is 1.11 bits per heavy atom. The number of allylic oxidation sites excluding steroid dienone is 1. The minimum atomic E-state index is -4.72. The molecular weight excluding hydrogens is 573 g/mol. The lowest BCUT2D eigenvalue weighted by Crippen LogP contribution is -2.45. The minimum Gasteiger partial charge on any atom is -0.387 e. The molecule has 0 unspecified atom stereocenters. The molecule has 0 aliphatic heterocycles. The highest BCUT2D eigenvalue weighted by Gasteiger charge is 2.24. The molecule has 44 heavy (non-hydrogen) atoms. The maximum Gasteiger partial charge on any atom is 0.469 e. The molecule has 0 aromatic heterocycles. The number of hydrogen-bond acceptors (Lipinski definition) is 4. The van der Waals surface area contributed by atoms with Crippen molar-refractivity contribution in [1.29, 1.82) is 0 Å². The number of amides is 1. The summed E-state index contributed by atoms with van der Waals surface area (Å²) in [6.45, 7) is -0.00409. The summed E-state index contributed by atoms with van der Waals surface area (Å²) in [5.41, 5.74) is 0. The van der Waals surface area contributed by atoms with Crippen molar-refractivity contribution in [2.75, 3.05) is 6.61 Å². The maximum atomic E-state index is 12.5. The number of aliphatic hydroxyl groups excluding tert-OH is 1. The number of hydrogen-bond donors (Lipinski definition) is 4. The van der Waals surface area contributed by atoms with Gasteiger partial charge in [0, 0.05) is 10.5 Å². The Bertz CT molecular complexity index is 793. The third kappa shape index (κ3) is 32.7. The molecule has 0 bridgehead atoms. The molecule has 0 fully saturated rings. The lowest BCUT2D eigenvalue weighted by atomic mass is 10.0. The number of carbonyl (C=O) groups excluding carboxylic acids is 1. The van der Waals surface area contributed by atoms with Gasteiger partial charge in [0.1, 0.15) is 0 Å². The summed E-state index contributed by atoms with van der Waals surface area (Å²) in [4.78, 5) is 30.8. The van der Waals surface area contributed by atoms with Crippen LogP contribution in [0.25, 0.3) is 0 Å². The van der Waals surface area contributed by atoms with Crippen molar-refractivity contribution in [3.8, 4) is 0 Å². The van der Waals surface area contributed by atoms with E-state index in [2.05, 4.69) is 16.8 Å². The number of rotatable bonds is 34. The molecule has 0 aliphatic carbocycles. The third-order valence-electron chi connectivity index (χ3n) is 8.32. The Hall–Kier alpha value is -0.720. The fraction of sp³-hybridized carbons (Fsp3) is 0.917. The van der Waals surface area contributed by atoms with Crippen LogP contribution < -0.4 is 5.32 Å². The van der Waals surface area contributed by atoms with Crippen LogP contribution >= 0.6 is 7.82 Å². The second kappa shape index (κ2) is 32.2. The van der Waals surface area contributed by atoms with E-state index in [0.29, 0.717) is 12.8 Å². The van der Waals surface area contributed by atoms with E-state index in [9.17, 15) is 14.5 Å². The molecular formula is C36H72NO6P. The lowest BCUT2D eigenvalue weighted by Gasteiger charge is -2.22. The van der Waals surface area contributed by atoms with Crippen molar-refractivity contribution >= 4 is 13.7 Å². The van der Waals surface area contributed by atoms with Gasteiger partial charge in [0.15, 0.2) is 0 Å². The van der Waals surface area contributed by atoms with Crippen LogP contribution in [0.4, 0.5) is 0 Å². The molecule has 0 aliphatic rings. The molecule has 4 N–H and O–H groups in total. The Morgan fingerprint density at radius 1 is 0.705 bits per heavy atom. The van der Waals surface area contributed by atoms with Crippen LogP contribution in [0.2, 0.25) is 0 Å². The van der Waals surface area contributed by atoms with E-state index in [-0.39, 0.29) is 5.91 Å². The Kier molecular flexibility index (Phi) is 27.6. The zero-order valence-corrected chi connectivity index (χ0v) is 29.2. The number of nitrogens with one attached hydrogen (secondary N) is 1. The van der Waals surface area contributed by atoms with Crippen molar-refractivity contribution in [2.45, 2.75) is 206 Å². The summed E-state index contributed by atoms with van der Waals surface area (Å²) in [5.74, 6) is -0.251. The van der Waals surface area contributed by atoms with Gasteiger partial charge in [-0.15, -0.1) is 0 Å². The van der Waals surface area contributed by atoms with Crippen LogP contribution in [-0.2, 0) is 13.9 Å². The largest absolute Gasteiger partial charge is 0.469 e. The van der Waals surface area contributed by atoms with Gasteiger partial charge >= 0.3 is 7.82 Å². The Labute approximate surface area is 276 Å². The van der Waals surface area contributed by atoms with Gasteiger partial charge < -0.3 is 20.2 Å². The highest BCUT2D eigenvalue weighted by Crippen LogP contribution is 2.35. The van der Waals surface area contributed by atoms with Gasteiger partial charge in [-0.2, -0.15) is 0 Å². The molecule has 0 rings (SSSR count). The lowest BCUT2D eigenvalue weighted by molar-refractivity contribution is -0.123. The quantitative estimate of drug-likeness (QED) is 0.0313. The van der Waals surface area contributed by atoms with Crippen LogP contribution in [0.5, 0.6) is 0 Å². The summed E-state index contributed by atoms with van der Waals surface area (Å²) < 4.78 is 37.5. The van der Waals surface area contributed by atoms with Gasteiger partial charge in [-0.05, 0) is 19.3 Å². The smallest absolute Gasteiger partial charge is 0.387 e. The van der Waals surface area contributed by atoms with Crippen molar-refractivity contribution in [3.05, 3.63) is 12.2 Å². The first-order valence-corrected chi connectivity index (χ1v) is 19.8. The fourth-order valence-corrected chi connectivity index (χ4v) is 5.86. The van der Waals surface area contributed by atoms with E-state index in [0.717, 1.165) is 64.2 Å². The van der Waals surface area contributed by atoms with E-state index < -0.39 is 33.4 Å². The van der Waals surface area contributed by atoms with Gasteiger partial charge in [-0.3, -0.25) is 9.32 Å².